The standard InChI is InChI=1S/C15H19BrClN3/c1-9(18-4)15-10(2)19-20(11(15)3)8-12-5-6-13(16)7-14(12)17/h5-7,9,18H,8H2,1-4H3. The lowest BCUT2D eigenvalue weighted by molar-refractivity contribution is 0.632. The predicted molar refractivity (Wildman–Crippen MR) is 87.4 cm³/mol. The summed E-state index contributed by atoms with van der Waals surface area (Å²) < 4.78 is 3.01. The lowest BCUT2D eigenvalue weighted by Gasteiger charge is -2.12. The first-order valence-corrected chi connectivity index (χ1v) is 7.76. The van der Waals surface area contributed by atoms with E-state index in [2.05, 4.69) is 47.1 Å². The van der Waals surface area contributed by atoms with E-state index in [-0.39, 0.29) is 0 Å². The summed E-state index contributed by atoms with van der Waals surface area (Å²) >= 11 is 9.71. The van der Waals surface area contributed by atoms with Crippen LogP contribution in [-0.4, -0.2) is 16.8 Å². The summed E-state index contributed by atoms with van der Waals surface area (Å²) in [4.78, 5) is 0. The second kappa shape index (κ2) is 6.29. The van der Waals surface area contributed by atoms with E-state index in [9.17, 15) is 0 Å². The SMILES string of the molecule is CNC(C)c1c(C)nn(Cc2ccc(Br)cc2Cl)c1C. The van der Waals surface area contributed by atoms with Crippen LogP contribution in [0.4, 0.5) is 0 Å². The Hall–Kier alpha value is -0.840. The zero-order valence-electron chi connectivity index (χ0n) is 12.2. The molecular weight excluding hydrogens is 338 g/mol. The summed E-state index contributed by atoms with van der Waals surface area (Å²) in [6.07, 6.45) is 0. The number of hydrogen-bond donors (Lipinski definition) is 1. The molecule has 0 radical (unpaired) electrons. The highest BCUT2D eigenvalue weighted by Gasteiger charge is 2.16. The van der Waals surface area contributed by atoms with Crippen LogP contribution in [0.3, 0.4) is 0 Å². The molecule has 1 N–H and O–H groups in total. The fourth-order valence-electron chi connectivity index (χ4n) is 2.45. The third-order valence-electron chi connectivity index (χ3n) is 3.64. The van der Waals surface area contributed by atoms with Crippen molar-refractivity contribution in [3.63, 3.8) is 0 Å². The van der Waals surface area contributed by atoms with Crippen LogP contribution in [0.5, 0.6) is 0 Å². The average molecular weight is 357 g/mol. The van der Waals surface area contributed by atoms with E-state index in [4.69, 9.17) is 11.6 Å². The van der Waals surface area contributed by atoms with Gasteiger partial charge in [0, 0.05) is 26.8 Å². The molecule has 0 aliphatic heterocycles. The maximum Gasteiger partial charge on any atom is 0.0677 e. The van der Waals surface area contributed by atoms with Gasteiger partial charge in [-0.3, -0.25) is 4.68 Å². The van der Waals surface area contributed by atoms with Crippen molar-refractivity contribution in [3.05, 3.63) is 50.2 Å². The normalized spacial score (nSPS) is 12.7. The monoisotopic (exact) mass is 355 g/mol. The Morgan fingerprint density at radius 1 is 1.40 bits per heavy atom. The predicted octanol–water partition coefficient (Wildman–Crippen LogP) is 4.24. The minimum atomic E-state index is 0.295. The van der Waals surface area contributed by atoms with Gasteiger partial charge in [0.25, 0.3) is 0 Å². The van der Waals surface area contributed by atoms with E-state index in [1.165, 1.54) is 11.3 Å². The number of aromatic nitrogens is 2. The van der Waals surface area contributed by atoms with Gasteiger partial charge in [-0.1, -0.05) is 33.6 Å². The van der Waals surface area contributed by atoms with Crippen LogP contribution in [0.1, 0.15) is 35.5 Å². The Morgan fingerprint density at radius 2 is 2.10 bits per heavy atom. The summed E-state index contributed by atoms with van der Waals surface area (Å²) in [6.45, 7) is 7.00. The number of hydrogen-bond acceptors (Lipinski definition) is 2. The quantitative estimate of drug-likeness (QED) is 0.888. The van der Waals surface area contributed by atoms with Crippen LogP contribution in [0.25, 0.3) is 0 Å². The highest BCUT2D eigenvalue weighted by atomic mass is 79.9. The summed E-state index contributed by atoms with van der Waals surface area (Å²) in [5, 5.41) is 8.68. The molecule has 2 rings (SSSR count). The van der Waals surface area contributed by atoms with Gasteiger partial charge in [-0.15, -0.1) is 0 Å². The molecular formula is C15H19BrClN3. The molecule has 108 valence electrons. The Balaban J connectivity index is 2.35. The summed E-state index contributed by atoms with van der Waals surface area (Å²) in [5.74, 6) is 0. The maximum absolute atomic E-state index is 6.28. The maximum atomic E-state index is 6.28. The van der Waals surface area contributed by atoms with Gasteiger partial charge in [0.2, 0.25) is 0 Å². The molecule has 2 aromatic rings. The molecule has 3 nitrogen and oxygen atoms in total. The first-order valence-electron chi connectivity index (χ1n) is 6.59. The topological polar surface area (TPSA) is 29.9 Å². The number of halogens is 2. The summed E-state index contributed by atoms with van der Waals surface area (Å²) in [5.41, 5.74) is 4.59. The molecule has 20 heavy (non-hydrogen) atoms. The summed E-state index contributed by atoms with van der Waals surface area (Å²) in [7, 11) is 1.96. The van der Waals surface area contributed by atoms with E-state index >= 15 is 0 Å². The Labute approximate surface area is 133 Å². The van der Waals surface area contributed by atoms with Crippen LogP contribution in [0.2, 0.25) is 5.02 Å². The Bertz CT molecular complexity index is 622. The minimum absolute atomic E-state index is 0.295. The molecule has 0 amide bonds. The van der Waals surface area contributed by atoms with Crippen molar-refractivity contribution in [3.8, 4) is 0 Å². The van der Waals surface area contributed by atoms with Crippen molar-refractivity contribution in [2.75, 3.05) is 7.05 Å². The fourth-order valence-corrected chi connectivity index (χ4v) is 3.18. The fraction of sp³-hybridized carbons (Fsp3) is 0.400. The number of aryl methyl sites for hydroxylation is 1. The molecule has 0 aliphatic carbocycles. The molecule has 0 spiro atoms. The van der Waals surface area contributed by atoms with Crippen molar-refractivity contribution < 1.29 is 0 Å². The van der Waals surface area contributed by atoms with Crippen LogP contribution in [-0.2, 0) is 6.54 Å². The molecule has 0 fully saturated rings. The molecule has 1 unspecified atom stereocenters. The van der Waals surface area contributed by atoms with Crippen LogP contribution in [0.15, 0.2) is 22.7 Å². The second-order valence-corrected chi connectivity index (χ2v) is 6.31. The van der Waals surface area contributed by atoms with E-state index in [1.807, 2.05) is 29.9 Å². The second-order valence-electron chi connectivity index (χ2n) is 4.99. The van der Waals surface area contributed by atoms with Gasteiger partial charge < -0.3 is 5.32 Å². The molecule has 1 aromatic heterocycles. The summed E-state index contributed by atoms with van der Waals surface area (Å²) in [6, 6.07) is 6.25. The van der Waals surface area contributed by atoms with Crippen molar-refractivity contribution in [1.29, 1.82) is 0 Å². The third kappa shape index (κ3) is 3.08. The van der Waals surface area contributed by atoms with Crippen molar-refractivity contribution in [2.24, 2.45) is 0 Å². The van der Waals surface area contributed by atoms with Gasteiger partial charge in [0.05, 0.1) is 12.2 Å². The molecule has 0 aliphatic rings. The lowest BCUT2D eigenvalue weighted by Crippen LogP contribution is -2.14. The molecule has 1 aromatic carbocycles. The van der Waals surface area contributed by atoms with E-state index in [1.54, 1.807) is 0 Å². The number of rotatable bonds is 4. The van der Waals surface area contributed by atoms with E-state index in [0.717, 1.165) is 20.8 Å². The largest absolute Gasteiger partial charge is 0.313 e. The molecule has 0 bridgehead atoms. The number of nitrogens with one attached hydrogen (secondary N) is 1. The van der Waals surface area contributed by atoms with Gasteiger partial charge in [-0.2, -0.15) is 5.10 Å². The number of nitrogens with zero attached hydrogens (tertiary/aromatic N) is 2. The molecule has 0 saturated carbocycles. The van der Waals surface area contributed by atoms with Gasteiger partial charge in [0.15, 0.2) is 0 Å². The van der Waals surface area contributed by atoms with E-state index in [0.29, 0.717) is 12.6 Å². The van der Waals surface area contributed by atoms with Crippen LogP contribution < -0.4 is 5.32 Å². The zero-order valence-corrected chi connectivity index (χ0v) is 14.5. The number of benzene rings is 1. The third-order valence-corrected chi connectivity index (χ3v) is 4.48. The first kappa shape index (κ1) is 15.5. The molecule has 5 heteroatoms. The molecule has 1 heterocycles. The van der Waals surface area contributed by atoms with Gasteiger partial charge in [0.1, 0.15) is 0 Å². The van der Waals surface area contributed by atoms with Gasteiger partial charge >= 0.3 is 0 Å². The van der Waals surface area contributed by atoms with Crippen LogP contribution >= 0.6 is 27.5 Å². The molecule has 1 atom stereocenters. The highest BCUT2D eigenvalue weighted by Crippen LogP contribution is 2.25. The minimum Gasteiger partial charge on any atom is -0.313 e. The van der Waals surface area contributed by atoms with Crippen LogP contribution in [0, 0.1) is 13.8 Å². The highest BCUT2D eigenvalue weighted by molar-refractivity contribution is 9.10. The lowest BCUT2D eigenvalue weighted by atomic mass is 10.1. The zero-order chi connectivity index (χ0) is 14.9. The van der Waals surface area contributed by atoms with Gasteiger partial charge in [-0.05, 0) is 45.5 Å². The van der Waals surface area contributed by atoms with Gasteiger partial charge in [-0.25, -0.2) is 0 Å². The first-order chi connectivity index (χ1) is 9.43. The van der Waals surface area contributed by atoms with Crippen molar-refractivity contribution in [1.82, 2.24) is 15.1 Å². The van der Waals surface area contributed by atoms with Crippen molar-refractivity contribution >= 4 is 27.5 Å². The Kier molecular flexibility index (Phi) is 4.89. The average Bonchev–Trinajstić information content (AvgIpc) is 2.67. The smallest absolute Gasteiger partial charge is 0.0677 e. The van der Waals surface area contributed by atoms with Crippen molar-refractivity contribution in [2.45, 2.75) is 33.4 Å². The molecule has 0 saturated heterocycles. The van der Waals surface area contributed by atoms with E-state index < -0.39 is 0 Å². The Morgan fingerprint density at radius 3 is 2.70 bits per heavy atom.